The SMILES string of the molecule is CCC(C(=O)Cc1ccc2cnccc2c1)c1ccc(COC(=O)CCCCCCC2[C@@H](CC[C@@H](O)c3cc4ccccc4s3)[C@H](O)C[C@@H]2O)cc1.CCC(C(=O)Cc1ccc2cnccc2c1)c1ccc(COC(=O)CCCCCCC2[C@@H](O[Si](C)(C)C(C)(C)C)C[C@@H](O[Si](C)(C)C(C)(C)C)[C@@H]2CC[C@@H](O[Si](C)(C)C(C)(C)C)c2cc3ccccc3s2)cc1. The summed E-state index contributed by atoms with van der Waals surface area (Å²) in [5.41, 5.74) is 5.81. The molecule has 2 aliphatic carbocycles. The third kappa shape index (κ3) is 27.0. The number of rotatable bonds is 42. The topological polar surface area (TPSA) is 201 Å². The second kappa shape index (κ2) is 44.4. The summed E-state index contributed by atoms with van der Waals surface area (Å²) in [7, 11) is -6.33. The lowest BCUT2D eigenvalue weighted by molar-refractivity contribution is -0.146. The summed E-state index contributed by atoms with van der Waals surface area (Å²) in [6.07, 6.45) is 22.8. The van der Waals surface area contributed by atoms with E-state index in [-0.39, 0.29) is 93.8 Å². The number of unbranched alkanes of at least 4 members (excludes halogenated alkanes) is 6. The van der Waals surface area contributed by atoms with E-state index >= 15 is 0 Å². The summed E-state index contributed by atoms with van der Waals surface area (Å²) in [6.45, 7) is 40.2. The Hall–Kier alpha value is -7.25. The minimum absolute atomic E-state index is 0.0225. The molecule has 125 heavy (non-hydrogen) atoms. The number of benzene rings is 6. The number of aliphatic hydroxyl groups excluding tert-OH is 3. The number of aliphatic hydroxyl groups is 3. The Kier molecular flexibility index (Phi) is 34.9. The fourth-order valence-corrected chi connectivity index (χ4v) is 24.2. The molecule has 0 spiro atoms. The van der Waals surface area contributed by atoms with Gasteiger partial charge in [0.1, 0.15) is 24.8 Å². The van der Waals surface area contributed by atoms with Crippen molar-refractivity contribution in [3.8, 4) is 0 Å². The third-order valence-electron chi connectivity index (χ3n) is 28.5. The minimum atomic E-state index is -2.12. The van der Waals surface area contributed by atoms with Crippen LogP contribution in [0.4, 0.5) is 0 Å². The summed E-state index contributed by atoms with van der Waals surface area (Å²) in [5.74, 6) is 0.371. The second-order valence-electron chi connectivity index (χ2n) is 40.5. The molecule has 4 heterocycles. The van der Waals surface area contributed by atoms with Crippen LogP contribution in [0.1, 0.15) is 272 Å². The van der Waals surface area contributed by atoms with Gasteiger partial charge in [-0.2, -0.15) is 0 Å². The van der Waals surface area contributed by atoms with Crippen LogP contribution in [0, 0.1) is 23.7 Å². The predicted octanol–water partition coefficient (Wildman–Crippen LogP) is 27.1. The van der Waals surface area contributed by atoms with E-state index in [1.54, 1.807) is 23.7 Å². The lowest BCUT2D eigenvalue weighted by atomic mass is 9.84. The number of esters is 2. The van der Waals surface area contributed by atoms with Gasteiger partial charge in [0, 0.05) is 92.2 Å². The van der Waals surface area contributed by atoms with Crippen LogP contribution in [0.15, 0.2) is 183 Å². The van der Waals surface area contributed by atoms with Crippen molar-refractivity contribution in [3.05, 3.63) is 226 Å². The van der Waals surface area contributed by atoms with Gasteiger partial charge < -0.3 is 38.1 Å². The molecule has 12 rings (SSSR count). The van der Waals surface area contributed by atoms with Crippen LogP contribution in [-0.2, 0) is 68.0 Å². The van der Waals surface area contributed by atoms with Crippen molar-refractivity contribution in [2.45, 2.75) is 333 Å². The summed E-state index contributed by atoms with van der Waals surface area (Å²) >= 11 is 3.51. The molecule has 0 amide bonds. The molecular weight excluding hydrogens is 1640 g/mol. The highest BCUT2D eigenvalue weighted by Crippen LogP contribution is 2.52. The highest BCUT2D eigenvalue weighted by atomic mass is 32.1. The number of hydrogen-bond acceptors (Lipinski definition) is 16. The lowest BCUT2D eigenvalue weighted by Crippen LogP contribution is -2.45. The average molecular weight is 1790 g/mol. The Balaban J connectivity index is 0.000000257. The molecule has 674 valence electrons. The van der Waals surface area contributed by atoms with Crippen molar-refractivity contribution < 1.29 is 57.2 Å². The number of pyridine rings is 2. The van der Waals surface area contributed by atoms with Gasteiger partial charge in [0.15, 0.2) is 25.0 Å². The zero-order valence-corrected chi connectivity index (χ0v) is 82.6. The Labute approximate surface area is 757 Å². The van der Waals surface area contributed by atoms with E-state index in [4.69, 9.17) is 22.8 Å². The number of fused-ring (bicyclic) bond motifs is 4. The van der Waals surface area contributed by atoms with Crippen LogP contribution in [0.5, 0.6) is 0 Å². The Bertz CT molecular complexity index is 5070. The molecule has 10 aromatic rings. The van der Waals surface area contributed by atoms with Crippen LogP contribution >= 0.6 is 22.7 Å². The molecule has 12 atom stereocenters. The first-order chi connectivity index (χ1) is 59.4. The molecule has 2 saturated carbocycles. The van der Waals surface area contributed by atoms with Gasteiger partial charge in [-0.15, -0.1) is 22.7 Å². The number of Topliss-reactive ketones (excluding diaryl/α,β-unsaturated/α-hetero) is 2. The van der Waals surface area contributed by atoms with Crippen molar-refractivity contribution in [3.63, 3.8) is 0 Å². The summed E-state index contributed by atoms with van der Waals surface area (Å²) in [6, 6.07) is 53.4. The van der Waals surface area contributed by atoms with Gasteiger partial charge in [-0.25, -0.2) is 0 Å². The van der Waals surface area contributed by atoms with Crippen LogP contribution < -0.4 is 0 Å². The Morgan fingerprint density at radius 2 is 0.832 bits per heavy atom. The minimum Gasteiger partial charge on any atom is -0.461 e. The fraction of sp³-hybridized carbons (Fsp3) is 0.528. The molecular formula is C106H144N2O12S2Si3. The lowest BCUT2D eigenvalue weighted by Gasteiger charge is -2.41. The monoisotopic (exact) mass is 1780 g/mol. The predicted molar refractivity (Wildman–Crippen MR) is 522 cm³/mol. The molecule has 2 aliphatic rings. The van der Waals surface area contributed by atoms with Crippen LogP contribution in [-0.4, -0.2) is 98.2 Å². The molecule has 3 N–H and O–H groups in total. The smallest absolute Gasteiger partial charge is 0.306 e. The summed E-state index contributed by atoms with van der Waals surface area (Å²) < 4.78 is 36.3. The number of carbonyl (C=O) groups excluding carboxylic acids is 4. The zero-order valence-electron chi connectivity index (χ0n) is 77.9. The van der Waals surface area contributed by atoms with Crippen LogP contribution in [0.3, 0.4) is 0 Å². The van der Waals surface area contributed by atoms with E-state index in [0.29, 0.717) is 63.2 Å². The van der Waals surface area contributed by atoms with E-state index < -0.39 is 43.3 Å². The van der Waals surface area contributed by atoms with Gasteiger partial charge in [-0.05, 0) is 246 Å². The first-order valence-corrected chi connectivity index (χ1v) is 57.0. The van der Waals surface area contributed by atoms with Gasteiger partial charge in [-0.1, -0.05) is 236 Å². The van der Waals surface area contributed by atoms with E-state index in [0.717, 1.165) is 160 Å². The number of ether oxygens (including phenoxy) is 2. The molecule has 0 radical (unpaired) electrons. The average Bonchev–Trinajstić information content (AvgIpc) is 1.63. The maximum absolute atomic E-state index is 13.5. The first kappa shape index (κ1) is 98.3. The molecule has 14 nitrogen and oxygen atoms in total. The number of ketones is 2. The van der Waals surface area contributed by atoms with Crippen molar-refractivity contribution in [1.82, 2.24) is 9.97 Å². The molecule has 6 aromatic carbocycles. The highest BCUT2D eigenvalue weighted by Gasteiger charge is 2.52. The third-order valence-corrected chi connectivity index (χ3v) is 44.4. The van der Waals surface area contributed by atoms with E-state index in [2.05, 4.69) is 179 Å². The highest BCUT2D eigenvalue weighted by molar-refractivity contribution is 7.19. The Morgan fingerprint density at radius 1 is 0.432 bits per heavy atom. The molecule has 0 aliphatic heterocycles. The molecule has 2 fully saturated rings. The van der Waals surface area contributed by atoms with Gasteiger partial charge in [0.05, 0.1) is 36.6 Å². The van der Waals surface area contributed by atoms with E-state index in [9.17, 15) is 34.5 Å². The molecule has 0 saturated heterocycles. The quantitative estimate of drug-likeness (QED) is 0.0185. The maximum Gasteiger partial charge on any atom is 0.306 e. The van der Waals surface area contributed by atoms with Crippen molar-refractivity contribution >= 4 is 113 Å². The number of aromatic nitrogens is 2. The largest absolute Gasteiger partial charge is 0.461 e. The van der Waals surface area contributed by atoms with E-state index in [1.807, 2.05) is 128 Å². The zero-order chi connectivity index (χ0) is 90.0. The van der Waals surface area contributed by atoms with Gasteiger partial charge in [0.2, 0.25) is 0 Å². The normalized spacial score (nSPS) is 19.5. The van der Waals surface area contributed by atoms with Gasteiger partial charge in [0.25, 0.3) is 0 Å². The number of thiophene rings is 2. The molecule has 4 aromatic heterocycles. The maximum atomic E-state index is 13.5. The standard InChI is InChI=1S/C62H93NO6SSi3.C44H51NO6S/c1-17-50(53(64)39-45-30-33-49-42-63-37-36-47(49)38-45)46-31-28-44(29-32-46)43-66-59(65)27-21-19-18-20-25-51-52(56(69-73(15,16)62(8,9)10)41-55(51)68-72(13,14)61(5,6)7)34-35-54(67-71(11,12)60(2,3)4)58-40-48-24-22-23-26-57(48)70-58;1-2-35(39(47)24-30-15-18-34-27-45-22-21-32(34)23-30)31-16-13-29(14-17-31)28-51-44(50)12-6-4-3-5-10-36-37(41(49)26-40(36)48)19-20-38(46)43-25-33-9-7-8-11-42(33)52-43/h22-24,26,28-33,36-38,40,42,50-52,54-56H,17-21,25,27,34-35,39,41,43H2,1-16H3;7-9,11,13-18,21-23,25,27,35-38,40-41,46,48-49H,2-6,10,12,19-20,24,26,28H2,1H3/t50?,51?,52-,54-,55+,56-;35?,36?,37-,38-,40+,41-/m11/s1. The van der Waals surface area contributed by atoms with Gasteiger partial charge in [-0.3, -0.25) is 29.1 Å². The Morgan fingerprint density at radius 3 is 1.28 bits per heavy atom. The molecule has 19 heteroatoms. The second-order valence-corrected chi connectivity index (χ2v) is 57.0. The fourth-order valence-electron chi connectivity index (χ4n) is 17.9. The molecule has 0 bridgehead atoms. The van der Waals surface area contributed by atoms with Crippen molar-refractivity contribution in [1.29, 1.82) is 0 Å². The van der Waals surface area contributed by atoms with Crippen LogP contribution in [0.25, 0.3) is 41.7 Å². The van der Waals surface area contributed by atoms with Gasteiger partial charge >= 0.3 is 11.9 Å². The summed E-state index contributed by atoms with van der Waals surface area (Å²) in [5, 5.41) is 39.3. The number of nitrogens with zero attached hydrogens (tertiary/aromatic N) is 2. The first-order valence-electron chi connectivity index (χ1n) is 46.6. The number of carbonyl (C=O) groups is 4. The van der Waals surface area contributed by atoms with Crippen molar-refractivity contribution in [2.75, 3.05) is 0 Å². The van der Waals surface area contributed by atoms with Crippen LogP contribution in [0.2, 0.25) is 54.4 Å². The van der Waals surface area contributed by atoms with Crippen molar-refractivity contribution in [2.24, 2.45) is 23.7 Å². The molecule has 4 unspecified atom stereocenters. The summed E-state index contributed by atoms with van der Waals surface area (Å²) in [4.78, 5) is 63.0. The number of hydrogen-bond donors (Lipinski definition) is 3. The van der Waals surface area contributed by atoms with E-state index in [1.165, 1.54) is 15.0 Å².